The molecule has 0 aliphatic carbocycles. The van der Waals surface area contributed by atoms with Crippen molar-refractivity contribution in [1.29, 1.82) is 0 Å². The van der Waals surface area contributed by atoms with E-state index in [-0.39, 0.29) is 17.5 Å². The normalized spacial score (nSPS) is 15.7. The molecule has 6 rings (SSSR count). The zero-order valence-electron chi connectivity index (χ0n) is 17.5. The Kier molecular flexibility index (Phi) is 4.64. The van der Waals surface area contributed by atoms with Gasteiger partial charge in [-0.15, -0.1) is 10.2 Å². The molecule has 12 heteroatoms. The van der Waals surface area contributed by atoms with E-state index in [1.807, 2.05) is 0 Å². The molecule has 0 radical (unpaired) electrons. The summed E-state index contributed by atoms with van der Waals surface area (Å²) in [7, 11) is 0. The van der Waals surface area contributed by atoms with Gasteiger partial charge >= 0.3 is 11.8 Å². The van der Waals surface area contributed by atoms with E-state index in [4.69, 9.17) is 4.42 Å². The van der Waals surface area contributed by atoms with Gasteiger partial charge in [-0.1, -0.05) is 6.07 Å². The van der Waals surface area contributed by atoms with Crippen LogP contribution in [0.1, 0.15) is 45.9 Å². The van der Waals surface area contributed by atoms with Gasteiger partial charge in [0.1, 0.15) is 11.7 Å². The maximum Gasteiger partial charge on any atom is 0.312 e. The molecule has 0 bridgehead atoms. The van der Waals surface area contributed by atoms with Crippen LogP contribution in [0.4, 0.5) is 8.78 Å². The monoisotopic (exact) mass is 462 g/mol. The molecule has 6 heterocycles. The van der Waals surface area contributed by atoms with Crippen molar-refractivity contribution in [2.75, 3.05) is 6.54 Å². The first kappa shape index (κ1) is 20.1. The second kappa shape index (κ2) is 7.83. The zero-order valence-corrected chi connectivity index (χ0v) is 17.5. The van der Waals surface area contributed by atoms with Crippen LogP contribution < -0.4 is 0 Å². The van der Waals surface area contributed by atoms with E-state index in [9.17, 15) is 13.6 Å². The second-order valence-corrected chi connectivity index (χ2v) is 7.73. The number of H-pyrrole nitrogens is 1. The summed E-state index contributed by atoms with van der Waals surface area (Å²) >= 11 is 0. The van der Waals surface area contributed by atoms with Crippen molar-refractivity contribution in [3.05, 3.63) is 83.8 Å². The number of aromatic amines is 1. The average molecular weight is 462 g/mol. The molecule has 5 aromatic rings. The predicted octanol–water partition coefficient (Wildman–Crippen LogP) is 3.23. The number of carbonyl (C=O) groups excluding carboxylic acids is 1. The van der Waals surface area contributed by atoms with Crippen LogP contribution in [0.25, 0.3) is 17.0 Å². The summed E-state index contributed by atoms with van der Waals surface area (Å²) in [6.45, 7) is 0.318. The van der Waals surface area contributed by atoms with E-state index >= 15 is 0 Å². The van der Waals surface area contributed by atoms with Gasteiger partial charge in [0, 0.05) is 31.1 Å². The summed E-state index contributed by atoms with van der Waals surface area (Å²) in [5.41, 5.74) is 2.67. The predicted molar refractivity (Wildman–Crippen MR) is 113 cm³/mol. The van der Waals surface area contributed by atoms with Crippen LogP contribution in [0.15, 0.2) is 59.5 Å². The Hall–Kier alpha value is -4.48. The molecule has 0 fully saturated rings. The van der Waals surface area contributed by atoms with Gasteiger partial charge in [-0.25, -0.2) is 18.3 Å². The van der Waals surface area contributed by atoms with Crippen LogP contribution in [0.2, 0.25) is 0 Å². The molecule has 10 nitrogen and oxygen atoms in total. The fraction of sp³-hybridized carbons (Fsp3) is 0.182. The summed E-state index contributed by atoms with van der Waals surface area (Å²) in [4.78, 5) is 26.5. The number of nitrogens with one attached hydrogen (secondary N) is 1. The van der Waals surface area contributed by atoms with Crippen molar-refractivity contribution in [3.63, 3.8) is 0 Å². The summed E-state index contributed by atoms with van der Waals surface area (Å²) in [5, 5.41) is 12.3. The van der Waals surface area contributed by atoms with Gasteiger partial charge in [-0.3, -0.25) is 9.78 Å². The van der Waals surface area contributed by atoms with Crippen molar-refractivity contribution >= 4 is 11.4 Å². The maximum absolute atomic E-state index is 13.5. The van der Waals surface area contributed by atoms with Crippen LogP contribution in [0, 0.1) is 0 Å². The smallest absolute Gasteiger partial charge is 0.312 e. The van der Waals surface area contributed by atoms with Crippen molar-refractivity contribution in [2.45, 2.75) is 18.9 Å². The van der Waals surface area contributed by atoms with Gasteiger partial charge in [0.2, 0.25) is 5.89 Å². The minimum atomic E-state index is -2.70. The van der Waals surface area contributed by atoms with E-state index in [1.165, 1.54) is 15.5 Å². The highest BCUT2D eigenvalue weighted by Crippen LogP contribution is 2.35. The number of carbonyl (C=O) groups is 1. The molecule has 34 heavy (non-hydrogen) atoms. The molecule has 5 aromatic heterocycles. The minimum Gasteiger partial charge on any atom is -0.412 e. The lowest BCUT2D eigenvalue weighted by Crippen LogP contribution is -2.41. The fourth-order valence-electron chi connectivity index (χ4n) is 4.19. The molecule has 0 saturated carbocycles. The molecule has 1 atom stereocenters. The van der Waals surface area contributed by atoms with E-state index in [2.05, 4.69) is 30.2 Å². The first-order chi connectivity index (χ1) is 16.6. The number of imidazole rings is 1. The average Bonchev–Trinajstić information content (AvgIpc) is 3.62. The molecule has 1 aliphatic heterocycles. The number of rotatable bonds is 4. The molecule has 0 saturated heterocycles. The number of hydrogen-bond donors (Lipinski definition) is 1. The van der Waals surface area contributed by atoms with Crippen molar-refractivity contribution in [3.8, 4) is 11.5 Å². The molecule has 0 unspecified atom stereocenters. The Balaban J connectivity index is 1.42. The van der Waals surface area contributed by atoms with Crippen molar-refractivity contribution in [2.24, 2.45) is 0 Å². The summed E-state index contributed by atoms with van der Waals surface area (Å²) in [6, 6.07) is 8.96. The third-order valence-corrected chi connectivity index (χ3v) is 5.74. The standard InChI is InChI=1S/C22H16F2N8O2/c23-19(24)16-5-1-4-13-9-15(30-32(13)16)18-17-14(26-11-27-17)6-8-31(18)22(33)21-29-28-20(34-21)12-3-2-7-25-10-12/h1-5,7,9-11,18-19H,6,8H2,(H,26,27)/t18-/m1/s1. The number of amides is 1. The number of hydrogen-bond acceptors (Lipinski definition) is 7. The van der Waals surface area contributed by atoms with E-state index < -0.39 is 18.4 Å². The molecule has 1 N–H and O–H groups in total. The van der Waals surface area contributed by atoms with Crippen LogP contribution in [0.3, 0.4) is 0 Å². The molecule has 1 aliphatic rings. The Morgan fingerprint density at radius 2 is 2.12 bits per heavy atom. The summed E-state index contributed by atoms with van der Waals surface area (Å²) in [6.07, 6.45) is 2.53. The highest BCUT2D eigenvalue weighted by Gasteiger charge is 2.38. The van der Waals surface area contributed by atoms with Gasteiger partial charge < -0.3 is 14.3 Å². The lowest BCUT2D eigenvalue weighted by atomic mass is 9.99. The second-order valence-electron chi connectivity index (χ2n) is 7.73. The van der Waals surface area contributed by atoms with Gasteiger partial charge in [0.05, 0.1) is 28.8 Å². The Morgan fingerprint density at radius 3 is 2.94 bits per heavy atom. The van der Waals surface area contributed by atoms with Crippen molar-refractivity contribution < 1.29 is 18.0 Å². The number of alkyl halides is 2. The Morgan fingerprint density at radius 1 is 1.21 bits per heavy atom. The molecule has 1 amide bonds. The quantitative estimate of drug-likeness (QED) is 0.436. The van der Waals surface area contributed by atoms with Crippen LogP contribution in [0.5, 0.6) is 0 Å². The lowest BCUT2D eigenvalue weighted by Gasteiger charge is -2.32. The summed E-state index contributed by atoms with van der Waals surface area (Å²) in [5.74, 6) is -0.535. The van der Waals surface area contributed by atoms with Crippen LogP contribution >= 0.6 is 0 Å². The number of halogens is 2. The maximum atomic E-state index is 13.5. The minimum absolute atomic E-state index is 0.166. The zero-order chi connectivity index (χ0) is 23.2. The molecule has 0 aromatic carbocycles. The SMILES string of the molecule is O=C(c1nnc(-c2cccnc2)o1)N1CCc2[nH]cnc2[C@H]1c1cc2cccc(C(F)F)n2n1. The third kappa shape index (κ3) is 3.22. The molecular weight excluding hydrogens is 446 g/mol. The van der Waals surface area contributed by atoms with Gasteiger partial charge in [0.25, 0.3) is 6.43 Å². The van der Waals surface area contributed by atoms with Crippen LogP contribution in [-0.2, 0) is 6.42 Å². The number of pyridine rings is 2. The van der Waals surface area contributed by atoms with E-state index in [0.717, 1.165) is 5.69 Å². The first-order valence-electron chi connectivity index (χ1n) is 10.4. The largest absolute Gasteiger partial charge is 0.412 e. The number of aromatic nitrogens is 7. The molecular formula is C22H16F2N8O2. The van der Waals surface area contributed by atoms with E-state index in [1.54, 1.807) is 49.1 Å². The van der Waals surface area contributed by atoms with Crippen molar-refractivity contribution in [1.82, 2.24) is 39.7 Å². The highest BCUT2D eigenvalue weighted by molar-refractivity contribution is 5.90. The number of nitrogens with zero attached hydrogens (tertiary/aromatic N) is 7. The molecule has 170 valence electrons. The summed E-state index contributed by atoms with van der Waals surface area (Å²) < 4.78 is 33.9. The van der Waals surface area contributed by atoms with E-state index in [0.29, 0.717) is 35.4 Å². The lowest BCUT2D eigenvalue weighted by molar-refractivity contribution is 0.0646. The Labute approximate surface area is 190 Å². The van der Waals surface area contributed by atoms with Crippen LogP contribution in [-0.4, -0.2) is 52.1 Å². The highest BCUT2D eigenvalue weighted by atomic mass is 19.3. The Bertz CT molecular complexity index is 1490. The van der Waals surface area contributed by atoms with Gasteiger partial charge in [-0.2, -0.15) is 5.10 Å². The van der Waals surface area contributed by atoms with Gasteiger partial charge in [-0.05, 0) is 30.3 Å². The fourth-order valence-corrected chi connectivity index (χ4v) is 4.19. The topological polar surface area (TPSA) is 118 Å². The van der Waals surface area contributed by atoms with Gasteiger partial charge in [0.15, 0.2) is 0 Å². The molecule has 0 spiro atoms. The third-order valence-electron chi connectivity index (χ3n) is 5.74. The number of fused-ring (bicyclic) bond motifs is 2. The first-order valence-corrected chi connectivity index (χ1v) is 10.4.